The third-order valence-corrected chi connectivity index (χ3v) is 8.95. The summed E-state index contributed by atoms with van der Waals surface area (Å²) in [6.45, 7) is 11.9. The number of aliphatic hydroxyl groups excluding tert-OH is 1. The Bertz CT molecular complexity index is 520. The van der Waals surface area contributed by atoms with E-state index in [1.807, 2.05) is 0 Å². The van der Waals surface area contributed by atoms with Crippen LogP contribution in [0.1, 0.15) is 73.1 Å². The van der Waals surface area contributed by atoms with Gasteiger partial charge in [0.15, 0.2) is 0 Å². The maximum absolute atomic E-state index is 11.0. The number of allylic oxidation sites excluding steroid dienone is 2. The van der Waals surface area contributed by atoms with Gasteiger partial charge >= 0.3 is 0 Å². The maximum atomic E-state index is 11.0. The molecule has 0 aromatic heterocycles. The van der Waals surface area contributed by atoms with Gasteiger partial charge in [-0.1, -0.05) is 46.8 Å². The van der Waals surface area contributed by atoms with Crippen molar-refractivity contribution < 1.29 is 5.11 Å². The zero-order chi connectivity index (χ0) is 16.6. The molecule has 4 rings (SSSR count). The molecule has 3 fully saturated rings. The predicted octanol–water partition coefficient (Wildman–Crippen LogP) is 5.44. The van der Waals surface area contributed by atoms with Gasteiger partial charge in [-0.15, -0.1) is 0 Å². The number of fused-ring (bicyclic) bond motifs is 5. The van der Waals surface area contributed by atoms with E-state index in [4.69, 9.17) is 0 Å². The molecule has 0 spiro atoms. The van der Waals surface area contributed by atoms with E-state index in [0.717, 1.165) is 29.6 Å². The second-order valence-corrected chi connectivity index (χ2v) is 10.7. The fraction of sp³-hybridized carbons (Fsp3) is 0.909. The first kappa shape index (κ1) is 16.2. The minimum atomic E-state index is -0.117. The normalized spacial score (nSPS) is 57.5. The lowest BCUT2D eigenvalue weighted by atomic mass is 9.46. The summed E-state index contributed by atoms with van der Waals surface area (Å²) in [6.07, 6.45) is 13.0. The molecule has 4 aliphatic carbocycles. The maximum Gasteiger partial charge on any atom is 0.0647 e. The highest BCUT2D eigenvalue weighted by molar-refractivity contribution is 5.18. The highest BCUT2D eigenvalue weighted by Gasteiger charge is 2.63. The van der Waals surface area contributed by atoms with E-state index in [1.165, 1.54) is 38.5 Å². The third kappa shape index (κ3) is 2.08. The van der Waals surface area contributed by atoms with Gasteiger partial charge in [0.25, 0.3) is 0 Å². The minimum Gasteiger partial charge on any atom is -0.392 e. The van der Waals surface area contributed by atoms with Gasteiger partial charge in [-0.2, -0.15) is 0 Å². The summed E-state index contributed by atoms with van der Waals surface area (Å²) in [5.41, 5.74) is 0.691. The first-order valence-corrected chi connectivity index (χ1v) is 10.1. The van der Waals surface area contributed by atoms with E-state index in [9.17, 15) is 5.11 Å². The summed E-state index contributed by atoms with van der Waals surface area (Å²) in [6, 6.07) is 0. The number of rotatable bonds is 0. The van der Waals surface area contributed by atoms with Gasteiger partial charge < -0.3 is 5.11 Å². The van der Waals surface area contributed by atoms with Crippen LogP contribution in [0.5, 0.6) is 0 Å². The Morgan fingerprint density at radius 3 is 2.48 bits per heavy atom. The van der Waals surface area contributed by atoms with Crippen LogP contribution in [0.15, 0.2) is 12.2 Å². The molecule has 0 amide bonds. The Kier molecular flexibility index (Phi) is 3.43. The molecule has 130 valence electrons. The van der Waals surface area contributed by atoms with E-state index in [2.05, 4.69) is 46.8 Å². The van der Waals surface area contributed by atoms with E-state index in [0.29, 0.717) is 5.41 Å². The number of hydrogen-bond donors (Lipinski definition) is 1. The molecule has 4 aliphatic rings. The molecule has 23 heavy (non-hydrogen) atoms. The van der Waals surface area contributed by atoms with Crippen molar-refractivity contribution in [2.45, 2.75) is 79.2 Å². The van der Waals surface area contributed by atoms with Crippen LogP contribution in [0.3, 0.4) is 0 Å². The predicted molar refractivity (Wildman–Crippen MR) is 96.0 cm³/mol. The molecule has 1 nitrogen and oxygen atoms in total. The van der Waals surface area contributed by atoms with Crippen molar-refractivity contribution in [3.8, 4) is 0 Å². The summed E-state index contributed by atoms with van der Waals surface area (Å²) >= 11 is 0. The lowest BCUT2D eigenvalue weighted by Gasteiger charge is -2.59. The molecule has 0 bridgehead atoms. The van der Waals surface area contributed by atoms with Crippen molar-refractivity contribution in [2.75, 3.05) is 0 Å². The molecule has 3 unspecified atom stereocenters. The molecular weight excluding hydrogens is 280 g/mol. The van der Waals surface area contributed by atoms with E-state index in [1.54, 1.807) is 0 Å². The van der Waals surface area contributed by atoms with Crippen LogP contribution in [-0.2, 0) is 0 Å². The van der Waals surface area contributed by atoms with Crippen LogP contribution in [0.4, 0.5) is 0 Å². The van der Waals surface area contributed by atoms with Crippen LogP contribution in [0.25, 0.3) is 0 Å². The number of hydrogen-bond acceptors (Lipinski definition) is 1. The lowest BCUT2D eigenvalue weighted by molar-refractivity contribution is -0.102. The third-order valence-electron chi connectivity index (χ3n) is 8.95. The average Bonchev–Trinajstić information content (AvgIpc) is 2.68. The van der Waals surface area contributed by atoms with Crippen molar-refractivity contribution >= 4 is 0 Å². The Hall–Kier alpha value is -0.300. The standard InChI is InChI=1S/C22H36O/c1-14-8-10-21(4)15(12-14)6-7-16-17(21)9-11-22(5)18(16)13-20(2,3)19(22)23/h8,10,14-19,23H,6-7,9,11-13H2,1-5H3/t14?,15?,16-,17-,18+,19?,21+,22+/m1/s1. The largest absolute Gasteiger partial charge is 0.392 e. The van der Waals surface area contributed by atoms with Gasteiger partial charge in [-0.25, -0.2) is 0 Å². The second kappa shape index (κ2) is 4.87. The summed E-state index contributed by atoms with van der Waals surface area (Å²) in [7, 11) is 0. The first-order valence-electron chi connectivity index (χ1n) is 10.1. The van der Waals surface area contributed by atoms with Crippen molar-refractivity contribution in [2.24, 2.45) is 45.8 Å². The van der Waals surface area contributed by atoms with Crippen LogP contribution in [-0.4, -0.2) is 11.2 Å². The van der Waals surface area contributed by atoms with Gasteiger partial charge in [0.2, 0.25) is 0 Å². The van der Waals surface area contributed by atoms with Crippen LogP contribution in [0.2, 0.25) is 0 Å². The summed E-state index contributed by atoms with van der Waals surface area (Å²) in [4.78, 5) is 0. The summed E-state index contributed by atoms with van der Waals surface area (Å²) in [5, 5.41) is 11.0. The lowest BCUT2D eigenvalue weighted by Crippen LogP contribution is -2.53. The molecule has 0 aromatic carbocycles. The van der Waals surface area contributed by atoms with Crippen LogP contribution >= 0.6 is 0 Å². The van der Waals surface area contributed by atoms with Crippen LogP contribution < -0.4 is 0 Å². The zero-order valence-electron chi connectivity index (χ0n) is 15.8. The second-order valence-electron chi connectivity index (χ2n) is 10.7. The fourth-order valence-corrected chi connectivity index (χ4v) is 7.64. The Balaban J connectivity index is 1.68. The first-order chi connectivity index (χ1) is 10.7. The monoisotopic (exact) mass is 316 g/mol. The van der Waals surface area contributed by atoms with E-state index in [-0.39, 0.29) is 16.9 Å². The Morgan fingerprint density at radius 1 is 1.00 bits per heavy atom. The molecule has 0 saturated heterocycles. The van der Waals surface area contributed by atoms with E-state index < -0.39 is 0 Å². The van der Waals surface area contributed by atoms with Crippen molar-refractivity contribution in [1.29, 1.82) is 0 Å². The molecule has 8 atom stereocenters. The quantitative estimate of drug-likeness (QED) is 0.590. The molecule has 1 N–H and O–H groups in total. The molecule has 1 heteroatoms. The summed E-state index contributed by atoms with van der Waals surface area (Å²) in [5.74, 6) is 4.09. The molecule has 0 aliphatic heterocycles. The fourth-order valence-electron chi connectivity index (χ4n) is 7.64. The van der Waals surface area contributed by atoms with Crippen molar-refractivity contribution in [3.63, 3.8) is 0 Å². The SMILES string of the molecule is CC1C=C[C@@]2(C)C(CC[C@@H]3[C@H]2CC[C@]2(C)C(O)C(C)(C)C[C@@H]32)C1. The molecular formula is C22H36O. The smallest absolute Gasteiger partial charge is 0.0647 e. The van der Waals surface area contributed by atoms with E-state index >= 15 is 0 Å². The van der Waals surface area contributed by atoms with Gasteiger partial charge in [0.1, 0.15) is 0 Å². The molecule has 0 heterocycles. The van der Waals surface area contributed by atoms with Gasteiger partial charge in [0.05, 0.1) is 6.10 Å². The zero-order valence-corrected chi connectivity index (χ0v) is 15.8. The van der Waals surface area contributed by atoms with Gasteiger partial charge in [0, 0.05) is 0 Å². The van der Waals surface area contributed by atoms with Gasteiger partial charge in [-0.05, 0) is 84.4 Å². The number of aliphatic hydroxyl groups is 1. The van der Waals surface area contributed by atoms with Gasteiger partial charge in [-0.3, -0.25) is 0 Å². The minimum absolute atomic E-state index is 0.100. The Labute approximate surface area is 142 Å². The van der Waals surface area contributed by atoms with Crippen LogP contribution in [0, 0.1) is 45.8 Å². The average molecular weight is 317 g/mol. The van der Waals surface area contributed by atoms with Crippen molar-refractivity contribution in [3.05, 3.63) is 12.2 Å². The highest BCUT2D eigenvalue weighted by Crippen LogP contribution is 2.68. The van der Waals surface area contributed by atoms with Crippen molar-refractivity contribution in [1.82, 2.24) is 0 Å². The molecule has 3 saturated carbocycles. The summed E-state index contributed by atoms with van der Waals surface area (Å²) < 4.78 is 0. The Morgan fingerprint density at radius 2 is 1.74 bits per heavy atom. The molecule has 0 radical (unpaired) electrons. The molecule has 0 aromatic rings. The topological polar surface area (TPSA) is 20.2 Å². The highest BCUT2D eigenvalue weighted by atomic mass is 16.3.